The SMILES string of the molecule is O=C(CC1c2ccccc2N=C(c2ccccc2)N1c1ccccc1)c1ccco1. The lowest BCUT2D eigenvalue weighted by Crippen LogP contribution is -2.39. The smallest absolute Gasteiger partial charge is 0.200 e. The van der Waals surface area contributed by atoms with E-state index in [1.165, 1.54) is 6.26 Å². The van der Waals surface area contributed by atoms with Gasteiger partial charge in [0.05, 0.1) is 18.0 Å². The highest BCUT2D eigenvalue weighted by molar-refractivity contribution is 6.13. The van der Waals surface area contributed by atoms with Crippen molar-refractivity contribution in [2.45, 2.75) is 12.5 Å². The van der Waals surface area contributed by atoms with Gasteiger partial charge in [0.1, 0.15) is 5.84 Å². The first-order chi connectivity index (χ1) is 14.8. The van der Waals surface area contributed by atoms with Crippen LogP contribution >= 0.6 is 0 Å². The normalized spacial score (nSPS) is 15.4. The summed E-state index contributed by atoms with van der Waals surface area (Å²) in [4.78, 5) is 20.2. The fraction of sp³-hybridized carbons (Fsp3) is 0.0769. The molecule has 0 aliphatic carbocycles. The molecule has 0 radical (unpaired) electrons. The minimum Gasteiger partial charge on any atom is -0.461 e. The molecule has 5 rings (SSSR count). The molecule has 0 amide bonds. The van der Waals surface area contributed by atoms with Crippen LogP contribution in [0.25, 0.3) is 0 Å². The molecule has 2 heterocycles. The van der Waals surface area contributed by atoms with Gasteiger partial charge in [-0.15, -0.1) is 0 Å². The highest BCUT2D eigenvalue weighted by atomic mass is 16.3. The van der Waals surface area contributed by atoms with Crippen LogP contribution in [0, 0.1) is 0 Å². The lowest BCUT2D eigenvalue weighted by atomic mass is 9.93. The van der Waals surface area contributed by atoms with Crippen LogP contribution < -0.4 is 4.90 Å². The maximum atomic E-state index is 13.0. The maximum Gasteiger partial charge on any atom is 0.200 e. The summed E-state index contributed by atoms with van der Waals surface area (Å²) in [6, 6.07) is 31.5. The number of benzene rings is 3. The number of carbonyl (C=O) groups is 1. The second-order valence-electron chi connectivity index (χ2n) is 7.19. The summed E-state index contributed by atoms with van der Waals surface area (Å²) < 4.78 is 5.38. The van der Waals surface area contributed by atoms with Gasteiger partial charge in [0.25, 0.3) is 0 Å². The Bertz CT molecular complexity index is 1180. The van der Waals surface area contributed by atoms with Gasteiger partial charge >= 0.3 is 0 Å². The Morgan fingerprint density at radius 3 is 2.27 bits per heavy atom. The van der Waals surface area contributed by atoms with Crippen LogP contribution in [0.3, 0.4) is 0 Å². The summed E-state index contributed by atoms with van der Waals surface area (Å²) in [5, 5.41) is 0. The largest absolute Gasteiger partial charge is 0.461 e. The molecule has 1 aliphatic heterocycles. The van der Waals surface area contributed by atoms with Crippen LogP contribution in [-0.4, -0.2) is 11.6 Å². The molecule has 0 spiro atoms. The Morgan fingerprint density at radius 1 is 0.833 bits per heavy atom. The predicted molar refractivity (Wildman–Crippen MR) is 118 cm³/mol. The van der Waals surface area contributed by atoms with E-state index in [1.807, 2.05) is 66.7 Å². The number of amidine groups is 1. The Kier molecular flexibility index (Phi) is 4.74. The van der Waals surface area contributed by atoms with Crippen LogP contribution in [0.4, 0.5) is 11.4 Å². The lowest BCUT2D eigenvalue weighted by molar-refractivity contribution is 0.0947. The van der Waals surface area contributed by atoms with Gasteiger partial charge in [-0.05, 0) is 30.3 Å². The van der Waals surface area contributed by atoms with E-state index in [4.69, 9.17) is 9.41 Å². The number of fused-ring (bicyclic) bond motifs is 1. The van der Waals surface area contributed by atoms with Crippen molar-refractivity contribution in [2.75, 3.05) is 4.90 Å². The molecule has 1 aromatic heterocycles. The molecule has 0 fully saturated rings. The zero-order chi connectivity index (χ0) is 20.3. The van der Waals surface area contributed by atoms with Gasteiger partial charge in [0.15, 0.2) is 11.5 Å². The fourth-order valence-corrected chi connectivity index (χ4v) is 3.92. The molecule has 1 aliphatic rings. The van der Waals surface area contributed by atoms with E-state index in [1.54, 1.807) is 12.1 Å². The molecule has 0 bridgehead atoms. The van der Waals surface area contributed by atoms with Crippen molar-refractivity contribution < 1.29 is 9.21 Å². The highest BCUT2D eigenvalue weighted by Crippen LogP contribution is 2.41. The van der Waals surface area contributed by atoms with E-state index in [2.05, 4.69) is 23.1 Å². The van der Waals surface area contributed by atoms with Crippen molar-refractivity contribution in [1.82, 2.24) is 0 Å². The molecule has 4 nitrogen and oxygen atoms in total. The summed E-state index contributed by atoms with van der Waals surface area (Å²) in [5.41, 5.74) is 3.92. The van der Waals surface area contributed by atoms with Crippen molar-refractivity contribution >= 4 is 23.0 Å². The summed E-state index contributed by atoms with van der Waals surface area (Å²) in [7, 11) is 0. The third kappa shape index (κ3) is 3.33. The second-order valence-corrected chi connectivity index (χ2v) is 7.19. The Balaban J connectivity index is 1.67. The number of furan rings is 1. The van der Waals surface area contributed by atoms with E-state index in [0.717, 1.165) is 28.3 Å². The quantitative estimate of drug-likeness (QED) is 0.380. The fourth-order valence-electron chi connectivity index (χ4n) is 3.92. The standard InChI is InChI=1S/C26H20N2O2/c29-24(25-16-9-17-30-25)18-23-21-14-7-8-15-22(21)27-26(19-10-3-1-4-11-19)28(23)20-12-5-2-6-13-20/h1-17,23H,18H2. The molecule has 146 valence electrons. The van der Waals surface area contributed by atoms with E-state index < -0.39 is 0 Å². The molecule has 0 N–H and O–H groups in total. The van der Waals surface area contributed by atoms with E-state index >= 15 is 0 Å². The summed E-state index contributed by atoms with van der Waals surface area (Å²) in [6.45, 7) is 0. The summed E-state index contributed by atoms with van der Waals surface area (Å²) >= 11 is 0. The zero-order valence-electron chi connectivity index (χ0n) is 16.3. The summed E-state index contributed by atoms with van der Waals surface area (Å²) in [5.74, 6) is 1.18. The number of carbonyl (C=O) groups excluding carboxylic acids is 1. The minimum atomic E-state index is -0.200. The van der Waals surface area contributed by atoms with Gasteiger partial charge < -0.3 is 9.32 Å². The van der Waals surface area contributed by atoms with Crippen molar-refractivity contribution in [3.05, 3.63) is 120 Å². The van der Waals surface area contributed by atoms with E-state index in [0.29, 0.717) is 5.76 Å². The Morgan fingerprint density at radius 2 is 1.53 bits per heavy atom. The molecule has 1 atom stereocenters. The molecule has 4 aromatic rings. The van der Waals surface area contributed by atoms with E-state index in [9.17, 15) is 4.79 Å². The lowest BCUT2D eigenvalue weighted by Gasteiger charge is -2.38. The first-order valence-electron chi connectivity index (χ1n) is 9.95. The molecular formula is C26H20N2O2. The number of para-hydroxylation sites is 2. The maximum absolute atomic E-state index is 13.0. The second kappa shape index (κ2) is 7.84. The van der Waals surface area contributed by atoms with Crippen molar-refractivity contribution in [1.29, 1.82) is 0 Å². The molecule has 0 saturated carbocycles. The highest BCUT2D eigenvalue weighted by Gasteiger charge is 2.33. The number of ketones is 1. The number of nitrogens with zero attached hydrogens (tertiary/aromatic N) is 2. The molecular weight excluding hydrogens is 372 g/mol. The first-order valence-corrected chi connectivity index (χ1v) is 9.95. The van der Waals surface area contributed by atoms with Gasteiger partial charge in [-0.25, -0.2) is 4.99 Å². The molecule has 30 heavy (non-hydrogen) atoms. The monoisotopic (exact) mass is 392 g/mol. The van der Waals surface area contributed by atoms with Gasteiger partial charge in [0, 0.05) is 23.2 Å². The van der Waals surface area contributed by atoms with Gasteiger partial charge in [0.2, 0.25) is 0 Å². The number of rotatable bonds is 5. The molecule has 1 unspecified atom stereocenters. The molecule has 0 saturated heterocycles. The third-order valence-electron chi connectivity index (χ3n) is 5.30. The van der Waals surface area contributed by atoms with Crippen LogP contribution in [-0.2, 0) is 0 Å². The zero-order valence-corrected chi connectivity index (χ0v) is 16.3. The number of Topliss-reactive ketones (excluding diaryl/α,β-unsaturated/α-hetero) is 1. The Hall–Kier alpha value is -3.92. The average molecular weight is 392 g/mol. The molecule has 3 aromatic carbocycles. The van der Waals surface area contributed by atoms with Crippen molar-refractivity contribution in [3.63, 3.8) is 0 Å². The number of hydrogen-bond donors (Lipinski definition) is 0. The van der Waals surface area contributed by atoms with Crippen LogP contribution in [0.15, 0.2) is 113 Å². The minimum absolute atomic E-state index is 0.0324. The molecule has 4 heteroatoms. The first kappa shape index (κ1) is 18.1. The summed E-state index contributed by atoms with van der Waals surface area (Å²) in [6.07, 6.45) is 1.82. The van der Waals surface area contributed by atoms with Crippen molar-refractivity contribution in [2.24, 2.45) is 4.99 Å². The van der Waals surface area contributed by atoms with Crippen LogP contribution in [0.1, 0.15) is 34.1 Å². The average Bonchev–Trinajstić information content (AvgIpc) is 3.35. The van der Waals surface area contributed by atoms with Crippen molar-refractivity contribution in [3.8, 4) is 0 Å². The Labute approximate surface area is 175 Å². The van der Waals surface area contributed by atoms with E-state index in [-0.39, 0.29) is 18.2 Å². The number of anilines is 1. The predicted octanol–water partition coefficient (Wildman–Crippen LogP) is 6.19. The van der Waals surface area contributed by atoms with Crippen LogP contribution in [0.5, 0.6) is 0 Å². The topological polar surface area (TPSA) is 45.8 Å². The number of aliphatic imine (C=N–C) groups is 1. The number of hydrogen-bond acceptors (Lipinski definition) is 4. The van der Waals surface area contributed by atoms with Gasteiger partial charge in [-0.2, -0.15) is 0 Å². The van der Waals surface area contributed by atoms with Crippen LogP contribution in [0.2, 0.25) is 0 Å². The van der Waals surface area contributed by atoms with Gasteiger partial charge in [-0.3, -0.25) is 4.79 Å². The van der Waals surface area contributed by atoms with Gasteiger partial charge in [-0.1, -0.05) is 66.7 Å². The third-order valence-corrected chi connectivity index (χ3v) is 5.30.